The predicted molar refractivity (Wildman–Crippen MR) is 142 cm³/mol. The fourth-order valence-electron chi connectivity index (χ4n) is 4.85. The van der Waals surface area contributed by atoms with E-state index in [9.17, 15) is 13.2 Å². The van der Waals surface area contributed by atoms with E-state index in [1.807, 2.05) is 24.3 Å². The maximum Gasteiger partial charge on any atom is 0.276 e. The van der Waals surface area contributed by atoms with Crippen LogP contribution in [0.25, 0.3) is 5.65 Å². The van der Waals surface area contributed by atoms with Gasteiger partial charge in [-0.1, -0.05) is 0 Å². The van der Waals surface area contributed by atoms with Crippen LogP contribution in [-0.4, -0.2) is 91.9 Å². The van der Waals surface area contributed by atoms with Gasteiger partial charge in [0.05, 0.1) is 25.2 Å². The minimum atomic E-state index is -3.20. The number of nitrogens with two attached hydrogens (primary N) is 1. The van der Waals surface area contributed by atoms with Gasteiger partial charge in [-0.05, 0) is 37.1 Å². The zero-order chi connectivity index (χ0) is 26.2. The van der Waals surface area contributed by atoms with Crippen LogP contribution in [0.1, 0.15) is 23.3 Å². The smallest absolute Gasteiger partial charge is 0.276 e. The summed E-state index contributed by atoms with van der Waals surface area (Å²) < 4.78 is 32.2. The standard InChI is InChI=1S/C24H32N8O4S/c1-36-21-14-18(29-10-12-31(13-11-29)37(2,34)35)5-6-19(21)27-24(33)20-15-26-22-7-8-23(28-32(20)22)30-9-3-4-17(25)16-30/h5-8,14-15,17H,3-4,9-13,16,25H2,1-2H3,(H,27,33)/t17-/m1/s1. The second-order valence-corrected chi connectivity index (χ2v) is 11.4. The molecule has 2 aromatic heterocycles. The lowest BCUT2D eigenvalue weighted by molar-refractivity contribution is 0.102. The van der Waals surface area contributed by atoms with E-state index >= 15 is 0 Å². The molecule has 0 aliphatic carbocycles. The highest BCUT2D eigenvalue weighted by Gasteiger charge is 2.25. The Labute approximate surface area is 216 Å². The maximum absolute atomic E-state index is 13.2. The first-order chi connectivity index (χ1) is 17.7. The number of hydrogen-bond donors (Lipinski definition) is 2. The molecule has 3 aromatic rings. The number of carbonyl (C=O) groups is 1. The first kappa shape index (κ1) is 25.2. The third-order valence-corrected chi connectivity index (χ3v) is 8.17. The van der Waals surface area contributed by atoms with Crippen LogP contribution in [0.4, 0.5) is 17.2 Å². The molecule has 0 spiro atoms. The third kappa shape index (κ3) is 5.33. The molecule has 2 saturated heterocycles. The lowest BCUT2D eigenvalue weighted by Gasteiger charge is -2.35. The predicted octanol–water partition coefficient (Wildman–Crippen LogP) is 0.999. The normalized spacial score (nSPS) is 19.3. The van der Waals surface area contributed by atoms with Gasteiger partial charge in [0.1, 0.15) is 11.6 Å². The molecule has 2 aliphatic heterocycles. The Morgan fingerprint density at radius 2 is 1.89 bits per heavy atom. The molecule has 0 radical (unpaired) electrons. The molecule has 4 heterocycles. The first-order valence-electron chi connectivity index (χ1n) is 12.3. The topological polar surface area (TPSA) is 138 Å². The van der Waals surface area contributed by atoms with E-state index in [1.165, 1.54) is 16.8 Å². The van der Waals surface area contributed by atoms with Crippen LogP contribution in [-0.2, 0) is 10.0 Å². The lowest BCUT2D eigenvalue weighted by Crippen LogP contribution is -2.48. The van der Waals surface area contributed by atoms with Crippen LogP contribution in [0.2, 0.25) is 0 Å². The highest BCUT2D eigenvalue weighted by atomic mass is 32.2. The van der Waals surface area contributed by atoms with Crippen molar-refractivity contribution in [2.75, 3.05) is 67.8 Å². The van der Waals surface area contributed by atoms with Crippen molar-refractivity contribution in [1.82, 2.24) is 18.9 Å². The zero-order valence-corrected chi connectivity index (χ0v) is 21.8. The Hall–Kier alpha value is -3.42. The highest BCUT2D eigenvalue weighted by molar-refractivity contribution is 7.88. The Morgan fingerprint density at radius 3 is 2.59 bits per heavy atom. The number of sulfonamides is 1. The quantitative estimate of drug-likeness (QED) is 0.480. The molecule has 0 bridgehead atoms. The summed E-state index contributed by atoms with van der Waals surface area (Å²) in [6, 6.07) is 9.37. The van der Waals surface area contributed by atoms with Crippen molar-refractivity contribution < 1.29 is 17.9 Å². The van der Waals surface area contributed by atoms with Gasteiger partial charge < -0.3 is 25.6 Å². The molecular weight excluding hydrogens is 496 g/mol. The molecule has 2 fully saturated rings. The number of amides is 1. The number of ether oxygens (including phenoxy) is 1. The molecule has 37 heavy (non-hydrogen) atoms. The van der Waals surface area contributed by atoms with Crippen molar-refractivity contribution in [3.63, 3.8) is 0 Å². The molecule has 12 nitrogen and oxygen atoms in total. The molecule has 5 rings (SSSR count). The molecule has 1 atom stereocenters. The van der Waals surface area contributed by atoms with Crippen LogP contribution in [0.5, 0.6) is 5.75 Å². The van der Waals surface area contributed by atoms with E-state index in [2.05, 4.69) is 25.2 Å². The number of anilines is 3. The van der Waals surface area contributed by atoms with E-state index < -0.39 is 10.0 Å². The number of hydrogen-bond acceptors (Lipinski definition) is 9. The molecule has 3 N–H and O–H groups in total. The van der Waals surface area contributed by atoms with Crippen LogP contribution in [0, 0.1) is 0 Å². The average molecular weight is 529 g/mol. The van der Waals surface area contributed by atoms with E-state index in [-0.39, 0.29) is 11.9 Å². The number of rotatable bonds is 6. The molecule has 0 saturated carbocycles. The second-order valence-electron chi connectivity index (χ2n) is 9.44. The van der Waals surface area contributed by atoms with Gasteiger partial charge in [0.15, 0.2) is 11.3 Å². The molecule has 1 aromatic carbocycles. The monoisotopic (exact) mass is 528 g/mol. The summed E-state index contributed by atoms with van der Waals surface area (Å²) in [6.45, 7) is 3.58. The summed E-state index contributed by atoms with van der Waals surface area (Å²) in [4.78, 5) is 21.8. The summed E-state index contributed by atoms with van der Waals surface area (Å²) >= 11 is 0. The number of carbonyl (C=O) groups excluding carboxylic acids is 1. The lowest BCUT2D eigenvalue weighted by atomic mass is 10.1. The van der Waals surface area contributed by atoms with Crippen LogP contribution in [0.3, 0.4) is 0 Å². The third-order valence-electron chi connectivity index (χ3n) is 6.87. The van der Waals surface area contributed by atoms with Gasteiger partial charge in [-0.15, -0.1) is 5.10 Å². The van der Waals surface area contributed by atoms with Crippen molar-refractivity contribution in [1.29, 1.82) is 0 Å². The van der Waals surface area contributed by atoms with Gasteiger partial charge in [0.2, 0.25) is 10.0 Å². The number of aromatic nitrogens is 3. The van der Waals surface area contributed by atoms with Gasteiger partial charge >= 0.3 is 0 Å². The molecule has 1 amide bonds. The van der Waals surface area contributed by atoms with Gasteiger partial charge in [0, 0.05) is 57.1 Å². The summed E-state index contributed by atoms with van der Waals surface area (Å²) in [7, 11) is -1.66. The Bertz CT molecular complexity index is 1400. The summed E-state index contributed by atoms with van der Waals surface area (Å²) in [5.41, 5.74) is 8.42. The second kappa shape index (κ2) is 10.1. The number of benzene rings is 1. The number of piperazine rings is 1. The van der Waals surface area contributed by atoms with Gasteiger partial charge in [0.25, 0.3) is 5.91 Å². The van der Waals surface area contributed by atoms with Crippen molar-refractivity contribution in [3.05, 3.63) is 42.2 Å². The molecule has 13 heteroatoms. The van der Waals surface area contributed by atoms with Gasteiger partial charge in [-0.25, -0.2) is 17.9 Å². The van der Waals surface area contributed by atoms with E-state index in [4.69, 9.17) is 10.5 Å². The molecule has 0 unspecified atom stereocenters. The number of imidazole rings is 1. The SMILES string of the molecule is COc1cc(N2CCN(S(C)(=O)=O)CC2)ccc1NC(=O)c1cnc2ccc(N3CCC[C@@H](N)C3)nn12. The highest BCUT2D eigenvalue weighted by Crippen LogP contribution is 2.31. The fourth-order valence-corrected chi connectivity index (χ4v) is 5.68. The van der Waals surface area contributed by atoms with E-state index in [1.54, 1.807) is 17.7 Å². The first-order valence-corrected chi connectivity index (χ1v) is 14.1. The number of nitrogens with one attached hydrogen (secondary N) is 1. The number of piperidine rings is 1. The molecule has 198 valence electrons. The summed E-state index contributed by atoms with van der Waals surface area (Å²) in [6.07, 6.45) is 4.73. The van der Waals surface area contributed by atoms with E-state index in [0.717, 1.165) is 37.4 Å². The number of methoxy groups -OCH3 is 1. The molecule has 2 aliphatic rings. The zero-order valence-electron chi connectivity index (χ0n) is 21.0. The molecular formula is C24H32N8O4S. The Kier molecular flexibility index (Phi) is 6.92. The minimum absolute atomic E-state index is 0.107. The number of fused-ring (bicyclic) bond motifs is 1. The summed E-state index contributed by atoms with van der Waals surface area (Å²) in [5, 5.41) is 7.59. The average Bonchev–Trinajstić information content (AvgIpc) is 3.32. The van der Waals surface area contributed by atoms with Gasteiger partial charge in [-0.3, -0.25) is 4.79 Å². The Morgan fingerprint density at radius 1 is 1.11 bits per heavy atom. The van der Waals surface area contributed by atoms with Crippen molar-refractivity contribution >= 4 is 38.8 Å². The van der Waals surface area contributed by atoms with Crippen LogP contribution in [0.15, 0.2) is 36.5 Å². The van der Waals surface area contributed by atoms with Crippen LogP contribution >= 0.6 is 0 Å². The fraction of sp³-hybridized carbons (Fsp3) is 0.458. The van der Waals surface area contributed by atoms with Crippen molar-refractivity contribution in [2.45, 2.75) is 18.9 Å². The minimum Gasteiger partial charge on any atom is -0.494 e. The maximum atomic E-state index is 13.2. The van der Waals surface area contributed by atoms with Gasteiger partial charge in [-0.2, -0.15) is 4.31 Å². The largest absolute Gasteiger partial charge is 0.494 e. The van der Waals surface area contributed by atoms with Crippen molar-refractivity contribution in [3.8, 4) is 5.75 Å². The number of nitrogens with zero attached hydrogens (tertiary/aromatic N) is 6. The van der Waals surface area contributed by atoms with Crippen LogP contribution < -0.4 is 25.6 Å². The summed E-state index contributed by atoms with van der Waals surface area (Å²) in [5.74, 6) is 0.897. The van der Waals surface area contributed by atoms with Crippen molar-refractivity contribution in [2.24, 2.45) is 5.73 Å². The van der Waals surface area contributed by atoms with E-state index in [0.29, 0.717) is 49.0 Å². The Balaban J connectivity index is 1.33.